The summed E-state index contributed by atoms with van der Waals surface area (Å²) < 4.78 is 1.99. The number of thioether (sulfide) groups is 1. The van der Waals surface area contributed by atoms with Gasteiger partial charge in [-0.1, -0.05) is 23.9 Å². The van der Waals surface area contributed by atoms with Crippen molar-refractivity contribution < 1.29 is 4.79 Å². The minimum atomic E-state index is 0.277. The number of carbonyl (C=O) groups is 1. The summed E-state index contributed by atoms with van der Waals surface area (Å²) in [5.41, 5.74) is 1.98. The van der Waals surface area contributed by atoms with Crippen molar-refractivity contribution >= 4 is 23.9 Å². The van der Waals surface area contributed by atoms with Crippen LogP contribution in [0.15, 0.2) is 41.8 Å². The number of amides is 1. The number of imidazole rings is 1. The first-order chi connectivity index (χ1) is 8.70. The quantitative estimate of drug-likeness (QED) is 0.665. The lowest BCUT2D eigenvalue weighted by atomic mass is 10.1. The monoisotopic (exact) mass is 261 g/mol. The van der Waals surface area contributed by atoms with Gasteiger partial charge in [-0.3, -0.25) is 4.79 Å². The molecule has 0 aliphatic heterocycles. The zero-order valence-electron chi connectivity index (χ0n) is 10.3. The lowest BCUT2D eigenvalue weighted by molar-refractivity contribution is -0.105. The van der Waals surface area contributed by atoms with Crippen molar-refractivity contribution in [3.05, 3.63) is 42.2 Å². The molecule has 2 rings (SSSR count). The number of carbonyl (C=O) groups excluding carboxylic acids is 1. The molecule has 1 unspecified atom stereocenters. The Morgan fingerprint density at radius 2 is 2.33 bits per heavy atom. The molecule has 0 saturated heterocycles. The van der Waals surface area contributed by atoms with Gasteiger partial charge in [-0.05, 0) is 24.6 Å². The van der Waals surface area contributed by atoms with Crippen molar-refractivity contribution in [3.8, 4) is 0 Å². The van der Waals surface area contributed by atoms with Crippen LogP contribution in [0.1, 0.15) is 17.7 Å². The first-order valence-corrected chi connectivity index (χ1v) is 6.53. The smallest absolute Gasteiger partial charge is 0.211 e. The number of benzene rings is 1. The van der Waals surface area contributed by atoms with E-state index in [-0.39, 0.29) is 5.25 Å². The second kappa shape index (κ2) is 5.73. The van der Waals surface area contributed by atoms with Crippen LogP contribution in [0.4, 0.5) is 5.69 Å². The Hall–Kier alpha value is -1.75. The molecule has 1 aromatic heterocycles. The Bertz CT molecular complexity index is 539. The van der Waals surface area contributed by atoms with E-state index >= 15 is 0 Å². The van der Waals surface area contributed by atoms with Crippen molar-refractivity contribution in [2.75, 3.05) is 5.32 Å². The van der Waals surface area contributed by atoms with Crippen LogP contribution in [0, 0.1) is 0 Å². The predicted molar refractivity (Wildman–Crippen MR) is 73.6 cm³/mol. The summed E-state index contributed by atoms with van der Waals surface area (Å²) in [6, 6.07) is 7.85. The van der Waals surface area contributed by atoms with Crippen molar-refractivity contribution in [1.29, 1.82) is 0 Å². The van der Waals surface area contributed by atoms with Gasteiger partial charge in [-0.15, -0.1) is 0 Å². The number of nitrogens with zero attached hydrogens (tertiary/aromatic N) is 2. The number of nitrogens with one attached hydrogen (secondary N) is 1. The number of aryl methyl sites for hydroxylation is 1. The highest BCUT2D eigenvalue weighted by atomic mass is 32.2. The van der Waals surface area contributed by atoms with Crippen LogP contribution >= 0.6 is 11.8 Å². The molecule has 1 aromatic carbocycles. The van der Waals surface area contributed by atoms with E-state index in [0.717, 1.165) is 16.4 Å². The average molecular weight is 261 g/mol. The molecule has 4 nitrogen and oxygen atoms in total. The Kier molecular flexibility index (Phi) is 4.04. The Labute approximate surface area is 110 Å². The highest BCUT2D eigenvalue weighted by Crippen LogP contribution is 2.34. The third-order valence-corrected chi connectivity index (χ3v) is 3.87. The van der Waals surface area contributed by atoms with Gasteiger partial charge >= 0.3 is 0 Å². The average Bonchev–Trinajstić information content (AvgIpc) is 2.76. The van der Waals surface area contributed by atoms with Crippen LogP contribution in [-0.4, -0.2) is 16.0 Å². The van der Waals surface area contributed by atoms with Gasteiger partial charge in [0.05, 0.1) is 0 Å². The van der Waals surface area contributed by atoms with Crippen LogP contribution in [-0.2, 0) is 11.8 Å². The molecule has 18 heavy (non-hydrogen) atoms. The standard InChI is InChI=1S/C13H15N3OS/c1-10(18-13-14-6-7-16(13)2)11-4-3-5-12(8-11)15-9-17/h3-10H,1-2H3,(H,15,17). The normalized spacial score (nSPS) is 12.1. The molecule has 1 heterocycles. The van der Waals surface area contributed by atoms with Crippen molar-refractivity contribution in [3.63, 3.8) is 0 Å². The van der Waals surface area contributed by atoms with E-state index < -0.39 is 0 Å². The third kappa shape index (κ3) is 2.92. The second-order valence-electron chi connectivity index (χ2n) is 3.97. The molecule has 0 aliphatic rings. The summed E-state index contributed by atoms with van der Waals surface area (Å²) in [7, 11) is 1.98. The molecule has 0 fully saturated rings. The van der Waals surface area contributed by atoms with Gasteiger partial charge in [0, 0.05) is 30.4 Å². The molecule has 0 bridgehead atoms. The molecule has 1 amide bonds. The van der Waals surface area contributed by atoms with Crippen LogP contribution in [0.3, 0.4) is 0 Å². The fourth-order valence-electron chi connectivity index (χ4n) is 1.64. The molecular weight excluding hydrogens is 246 g/mol. The minimum Gasteiger partial charge on any atom is -0.329 e. The van der Waals surface area contributed by atoms with Gasteiger partial charge in [0.15, 0.2) is 5.16 Å². The maximum Gasteiger partial charge on any atom is 0.211 e. The minimum absolute atomic E-state index is 0.277. The number of rotatable bonds is 5. The zero-order chi connectivity index (χ0) is 13.0. The van der Waals surface area contributed by atoms with Crippen LogP contribution in [0.5, 0.6) is 0 Å². The van der Waals surface area contributed by atoms with Crippen LogP contribution < -0.4 is 5.32 Å². The van der Waals surface area contributed by atoms with Gasteiger partial charge < -0.3 is 9.88 Å². The fraction of sp³-hybridized carbons (Fsp3) is 0.231. The number of aromatic nitrogens is 2. The van der Waals surface area contributed by atoms with Crippen molar-refractivity contribution in [1.82, 2.24) is 9.55 Å². The molecule has 1 N–H and O–H groups in total. The largest absolute Gasteiger partial charge is 0.329 e. The molecular formula is C13H15N3OS. The molecule has 2 aromatic rings. The van der Waals surface area contributed by atoms with E-state index in [1.165, 1.54) is 0 Å². The van der Waals surface area contributed by atoms with Crippen molar-refractivity contribution in [2.24, 2.45) is 7.05 Å². The highest BCUT2D eigenvalue weighted by molar-refractivity contribution is 7.99. The molecule has 0 spiro atoms. The summed E-state index contributed by atoms with van der Waals surface area (Å²) >= 11 is 1.69. The number of anilines is 1. The zero-order valence-corrected chi connectivity index (χ0v) is 11.1. The maximum atomic E-state index is 10.4. The van der Waals surface area contributed by atoms with E-state index in [1.807, 2.05) is 36.0 Å². The van der Waals surface area contributed by atoms with Gasteiger partial charge in [0.25, 0.3) is 0 Å². The topological polar surface area (TPSA) is 46.9 Å². The van der Waals surface area contributed by atoms with E-state index in [4.69, 9.17) is 0 Å². The summed E-state index contributed by atoms with van der Waals surface area (Å²) in [6.07, 6.45) is 4.41. The maximum absolute atomic E-state index is 10.4. The summed E-state index contributed by atoms with van der Waals surface area (Å²) in [6.45, 7) is 2.12. The Morgan fingerprint density at radius 3 is 3.00 bits per heavy atom. The van der Waals surface area contributed by atoms with E-state index in [2.05, 4.69) is 23.3 Å². The van der Waals surface area contributed by atoms with Crippen molar-refractivity contribution in [2.45, 2.75) is 17.3 Å². The van der Waals surface area contributed by atoms with Gasteiger partial charge in [-0.25, -0.2) is 4.98 Å². The lowest BCUT2D eigenvalue weighted by Gasteiger charge is -2.12. The number of hydrogen-bond donors (Lipinski definition) is 1. The van der Waals surface area contributed by atoms with E-state index in [1.54, 1.807) is 18.0 Å². The van der Waals surface area contributed by atoms with E-state index in [0.29, 0.717) is 6.41 Å². The van der Waals surface area contributed by atoms with E-state index in [9.17, 15) is 4.79 Å². The molecule has 5 heteroatoms. The second-order valence-corrected chi connectivity index (χ2v) is 5.28. The summed E-state index contributed by atoms with van der Waals surface area (Å²) in [5.74, 6) is 0. The number of hydrogen-bond acceptors (Lipinski definition) is 3. The fourth-order valence-corrected chi connectivity index (χ4v) is 2.59. The molecule has 1 atom stereocenters. The Morgan fingerprint density at radius 1 is 1.50 bits per heavy atom. The first-order valence-electron chi connectivity index (χ1n) is 5.65. The highest BCUT2D eigenvalue weighted by Gasteiger charge is 2.10. The summed E-state index contributed by atoms with van der Waals surface area (Å²) in [5, 5.41) is 3.92. The molecule has 0 aliphatic carbocycles. The third-order valence-electron chi connectivity index (χ3n) is 2.64. The SMILES string of the molecule is CC(Sc1nccn1C)c1cccc(NC=O)c1. The molecule has 0 saturated carbocycles. The van der Waals surface area contributed by atoms with Gasteiger partial charge in [0.1, 0.15) is 0 Å². The Balaban J connectivity index is 2.13. The van der Waals surface area contributed by atoms with Crippen LogP contribution in [0.25, 0.3) is 0 Å². The van der Waals surface area contributed by atoms with Gasteiger partial charge in [-0.2, -0.15) is 0 Å². The van der Waals surface area contributed by atoms with Gasteiger partial charge in [0.2, 0.25) is 6.41 Å². The predicted octanol–water partition coefficient (Wildman–Crippen LogP) is 2.84. The molecule has 94 valence electrons. The molecule has 0 radical (unpaired) electrons. The lowest BCUT2D eigenvalue weighted by Crippen LogP contribution is -1.97. The van der Waals surface area contributed by atoms with Crippen LogP contribution in [0.2, 0.25) is 0 Å². The first kappa shape index (κ1) is 12.7. The summed E-state index contributed by atoms with van der Waals surface area (Å²) in [4.78, 5) is 14.7.